The Labute approximate surface area is 145 Å². The first-order valence-corrected chi connectivity index (χ1v) is 8.84. The molecule has 1 aliphatic carbocycles. The van der Waals surface area contributed by atoms with E-state index in [-0.39, 0.29) is 0 Å². The molecule has 0 radical (unpaired) electrons. The van der Waals surface area contributed by atoms with Gasteiger partial charge in [0.1, 0.15) is 11.8 Å². The van der Waals surface area contributed by atoms with Crippen LogP contribution in [0, 0.1) is 17.2 Å². The van der Waals surface area contributed by atoms with Crippen LogP contribution < -0.4 is 10.2 Å². The second-order valence-electron chi connectivity index (χ2n) is 6.91. The van der Waals surface area contributed by atoms with E-state index in [1.165, 1.54) is 12.1 Å². The van der Waals surface area contributed by atoms with Gasteiger partial charge in [-0.05, 0) is 40.8 Å². The summed E-state index contributed by atoms with van der Waals surface area (Å²) in [7, 11) is 0. The molecule has 1 N–H and O–H groups in total. The number of nitrogens with one attached hydrogen (secondary N) is 1. The van der Waals surface area contributed by atoms with Crippen LogP contribution in [0.25, 0.3) is 0 Å². The van der Waals surface area contributed by atoms with Crippen LogP contribution in [0.5, 0.6) is 0 Å². The molecule has 0 amide bonds. The van der Waals surface area contributed by atoms with E-state index >= 15 is 0 Å². The fourth-order valence-corrected chi connectivity index (χ4v) is 4.22. The third kappa shape index (κ3) is 2.52. The highest BCUT2D eigenvalue weighted by Gasteiger charge is 2.71. The molecule has 23 heavy (non-hydrogen) atoms. The number of fused-ring (bicyclic) bond motifs is 1. The fraction of sp³-hybridized carbons (Fsp3) is 0.529. The van der Waals surface area contributed by atoms with E-state index in [4.69, 9.17) is 5.26 Å². The Hall–Kier alpha value is -1.58. The van der Waals surface area contributed by atoms with E-state index in [9.17, 15) is 0 Å². The number of allylic oxidation sites excluding steroid dienone is 1. The van der Waals surface area contributed by atoms with Gasteiger partial charge in [0.05, 0.1) is 18.6 Å². The zero-order valence-electron chi connectivity index (χ0n) is 13.2. The second kappa shape index (κ2) is 5.22. The average molecular weight is 374 g/mol. The van der Waals surface area contributed by atoms with Crippen molar-refractivity contribution in [3.8, 4) is 6.07 Å². The molecule has 3 fully saturated rings. The number of rotatable bonds is 5. The molecule has 3 heterocycles. The van der Waals surface area contributed by atoms with Crippen LogP contribution >= 0.6 is 15.9 Å². The number of aromatic nitrogens is 1. The Morgan fingerprint density at radius 2 is 2.39 bits per heavy atom. The number of halogens is 1. The molecule has 3 atom stereocenters. The van der Waals surface area contributed by atoms with Crippen molar-refractivity contribution in [2.24, 2.45) is 5.92 Å². The molecule has 3 aliphatic rings. The summed E-state index contributed by atoms with van der Waals surface area (Å²) in [5.41, 5.74) is 3.16. The molecule has 5 nitrogen and oxygen atoms in total. The van der Waals surface area contributed by atoms with Gasteiger partial charge in [-0.2, -0.15) is 5.26 Å². The molecular weight excluding hydrogens is 354 g/mol. The Kier molecular flexibility index (Phi) is 3.40. The summed E-state index contributed by atoms with van der Waals surface area (Å²) < 4.78 is 0.923. The monoisotopic (exact) mass is 373 g/mol. The van der Waals surface area contributed by atoms with Crippen LogP contribution in [0.3, 0.4) is 0 Å². The van der Waals surface area contributed by atoms with E-state index in [0.29, 0.717) is 17.2 Å². The molecule has 2 aliphatic heterocycles. The van der Waals surface area contributed by atoms with Gasteiger partial charge < -0.3 is 15.1 Å². The van der Waals surface area contributed by atoms with Crippen molar-refractivity contribution < 1.29 is 0 Å². The third-order valence-corrected chi connectivity index (χ3v) is 6.14. The summed E-state index contributed by atoms with van der Waals surface area (Å²) >= 11 is 3.55. The van der Waals surface area contributed by atoms with Gasteiger partial charge in [0.25, 0.3) is 0 Å². The van der Waals surface area contributed by atoms with Crippen molar-refractivity contribution in [2.75, 3.05) is 24.7 Å². The molecular formula is C17H20BrN5. The van der Waals surface area contributed by atoms with E-state index in [2.05, 4.69) is 55.6 Å². The number of anilines is 1. The highest BCUT2D eigenvalue weighted by atomic mass is 79.9. The lowest BCUT2D eigenvalue weighted by molar-refractivity contribution is 0.367. The van der Waals surface area contributed by atoms with Crippen LogP contribution in [0.15, 0.2) is 29.0 Å². The molecule has 3 unspecified atom stereocenters. The summed E-state index contributed by atoms with van der Waals surface area (Å²) in [5, 5.41) is 12.5. The molecule has 0 bridgehead atoms. The summed E-state index contributed by atoms with van der Waals surface area (Å²) in [6, 6.07) is 4.64. The van der Waals surface area contributed by atoms with Crippen molar-refractivity contribution in [3.63, 3.8) is 0 Å². The minimum atomic E-state index is 0.435. The molecule has 1 aromatic rings. The maximum absolute atomic E-state index is 8.92. The predicted molar refractivity (Wildman–Crippen MR) is 92.8 cm³/mol. The smallest absolute Gasteiger partial charge is 0.141 e. The molecule has 1 aromatic heterocycles. The van der Waals surface area contributed by atoms with Gasteiger partial charge in [-0.3, -0.25) is 0 Å². The summed E-state index contributed by atoms with van der Waals surface area (Å²) in [5.74, 6) is 0.664. The van der Waals surface area contributed by atoms with Crippen LogP contribution in [0.2, 0.25) is 0 Å². The molecule has 4 rings (SSSR count). The zero-order valence-corrected chi connectivity index (χ0v) is 14.8. The Balaban J connectivity index is 1.38. The summed E-state index contributed by atoms with van der Waals surface area (Å²) in [4.78, 5) is 8.82. The van der Waals surface area contributed by atoms with Gasteiger partial charge in [0, 0.05) is 34.8 Å². The number of nitriles is 1. The minimum Gasteiger partial charge on any atom is -0.356 e. The SMILES string of the molecule is C=C(CC(C)C12CC1N2)N1CCN(c2cnc(C#N)cc2Br)C1. The van der Waals surface area contributed by atoms with E-state index in [0.717, 1.165) is 42.4 Å². The highest BCUT2D eigenvalue weighted by Crippen LogP contribution is 2.57. The molecule has 0 aromatic carbocycles. The van der Waals surface area contributed by atoms with Crippen molar-refractivity contribution in [2.45, 2.75) is 31.3 Å². The zero-order chi connectivity index (χ0) is 16.2. The van der Waals surface area contributed by atoms with Crippen LogP contribution in [-0.2, 0) is 0 Å². The molecule has 2 saturated heterocycles. The Morgan fingerprint density at radius 3 is 3.00 bits per heavy atom. The Bertz CT molecular complexity index is 703. The second-order valence-corrected chi connectivity index (χ2v) is 7.77. The summed E-state index contributed by atoms with van der Waals surface area (Å²) in [6.45, 7) is 9.42. The number of hydrogen-bond acceptors (Lipinski definition) is 5. The normalized spacial score (nSPS) is 29.0. The minimum absolute atomic E-state index is 0.435. The average Bonchev–Trinajstić information content (AvgIpc) is 3.34. The van der Waals surface area contributed by atoms with Crippen molar-refractivity contribution >= 4 is 21.6 Å². The fourth-order valence-electron chi connectivity index (χ4n) is 3.65. The maximum Gasteiger partial charge on any atom is 0.141 e. The number of pyridine rings is 1. The first-order valence-electron chi connectivity index (χ1n) is 8.04. The van der Waals surface area contributed by atoms with Gasteiger partial charge in [-0.15, -0.1) is 0 Å². The predicted octanol–water partition coefficient (Wildman–Crippen LogP) is 2.45. The van der Waals surface area contributed by atoms with Crippen molar-refractivity contribution in [3.05, 3.63) is 34.7 Å². The van der Waals surface area contributed by atoms with Gasteiger partial charge >= 0.3 is 0 Å². The standard InChI is InChI=1S/C17H20BrN5/c1-11(17-7-16(17)21-17)5-12(2)22-3-4-23(10-22)15-9-20-13(8-19)6-14(15)18/h6,9,11,16,21H,2-5,7,10H2,1H3. The molecule has 120 valence electrons. The first kappa shape index (κ1) is 15.0. The van der Waals surface area contributed by atoms with E-state index in [1.807, 2.05) is 0 Å². The lowest BCUT2D eigenvalue weighted by Crippen LogP contribution is -2.27. The first-order chi connectivity index (χ1) is 11.0. The van der Waals surface area contributed by atoms with Crippen LogP contribution in [-0.4, -0.2) is 41.2 Å². The van der Waals surface area contributed by atoms with Crippen LogP contribution in [0.4, 0.5) is 5.69 Å². The molecule has 0 spiro atoms. The Morgan fingerprint density at radius 1 is 1.65 bits per heavy atom. The molecule has 6 heteroatoms. The lowest BCUT2D eigenvalue weighted by Gasteiger charge is -2.25. The number of hydrogen-bond donors (Lipinski definition) is 1. The highest BCUT2D eigenvalue weighted by molar-refractivity contribution is 9.10. The van der Waals surface area contributed by atoms with E-state index in [1.54, 1.807) is 12.3 Å². The maximum atomic E-state index is 8.92. The quantitative estimate of drug-likeness (QED) is 0.803. The van der Waals surface area contributed by atoms with Crippen molar-refractivity contribution in [1.29, 1.82) is 5.26 Å². The van der Waals surface area contributed by atoms with Gasteiger partial charge in [0.15, 0.2) is 0 Å². The topological polar surface area (TPSA) is 65.1 Å². The largest absolute Gasteiger partial charge is 0.356 e. The van der Waals surface area contributed by atoms with Gasteiger partial charge in [0.2, 0.25) is 0 Å². The van der Waals surface area contributed by atoms with Crippen molar-refractivity contribution in [1.82, 2.24) is 15.2 Å². The lowest BCUT2D eigenvalue weighted by atomic mass is 9.97. The van der Waals surface area contributed by atoms with Gasteiger partial charge in [-0.1, -0.05) is 13.5 Å². The molecule has 1 saturated carbocycles. The van der Waals surface area contributed by atoms with Crippen LogP contribution in [0.1, 0.15) is 25.5 Å². The third-order valence-electron chi connectivity index (χ3n) is 5.50. The number of nitrogens with zero attached hydrogens (tertiary/aromatic N) is 4. The van der Waals surface area contributed by atoms with E-state index < -0.39 is 0 Å². The summed E-state index contributed by atoms with van der Waals surface area (Å²) in [6.07, 6.45) is 4.18. The van der Waals surface area contributed by atoms with Gasteiger partial charge in [-0.25, -0.2) is 4.98 Å².